The Hall–Kier alpha value is -2.44. The summed E-state index contributed by atoms with van der Waals surface area (Å²) in [6.07, 6.45) is 1.79. The molecule has 0 bridgehead atoms. The van der Waals surface area contributed by atoms with E-state index in [0.717, 1.165) is 16.7 Å². The first kappa shape index (κ1) is 17.4. The molecule has 2 aromatic rings. The van der Waals surface area contributed by atoms with Crippen LogP contribution in [-0.2, 0) is 4.79 Å². The fourth-order valence-corrected chi connectivity index (χ4v) is 3.75. The van der Waals surface area contributed by atoms with E-state index in [9.17, 15) is 14.7 Å². The quantitative estimate of drug-likeness (QED) is 0.615. The summed E-state index contributed by atoms with van der Waals surface area (Å²) in [6, 6.07) is 12.3. The molecule has 0 unspecified atom stereocenters. The zero-order valence-corrected chi connectivity index (χ0v) is 15.2. The maximum atomic E-state index is 12.8. The SMILES string of the molecule is Cc1ccc(/C=C2\SC(=S)N(c3cc(C(=O)[O-])ccc3C)C2=O)cc1. The van der Waals surface area contributed by atoms with Crippen molar-refractivity contribution in [3.8, 4) is 0 Å². The van der Waals surface area contributed by atoms with Gasteiger partial charge in [-0.3, -0.25) is 9.69 Å². The molecule has 0 aromatic heterocycles. The molecule has 4 nitrogen and oxygen atoms in total. The van der Waals surface area contributed by atoms with Gasteiger partial charge in [-0.05, 0) is 42.7 Å². The number of thiocarbonyl (C=S) groups is 1. The van der Waals surface area contributed by atoms with Gasteiger partial charge in [0.2, 0.25) is 0 Å². The van der Waals surface area contributed by atoms with Crippen LogP contribution in [0.2, 0.25) is 0 Å². The van der Waals surface area contributed by atoms with Gasteiger partial charge in [-0.1, -0.05) is 65.9 Å². The van der Waals surface area contributed by atoms with Crippen LogP contribution in [0.1, 0.15) is 27.0 Å². The van der Waals surface area contributed by atoms with Crippen LogP contribution >= 0.6 is 24.0 Å². The van der Waals surface area contributed by atoms with E-state index in [1.54, 1.807) is 19.1 Å². The summed E-state index contributed by atoms with van der Waals surface area (Å²) in [7, 11) is 0. The Labute approximate surface area is 155 Å². The molecule has 0 radical (unpaired) electrons. The minimum atomic E-state index is -1.29. The van der Waals surface area contributed by atoms with Crippen molar-refractivity contribution in [1.82, 2.24) is 0 Å². The molecular formula is C19H14NO3S2-. The molecule has 3 rings (SSSR count). The van der Waals surface area contributed by atoms with Crippen LogP contribution in [-0.4, -0.2) is 16.2 Å². The molecular weight excluding hydrogens is 354 g/mol. The number of nitrogens with zero attached hydrogens (tertiary/aromatic N) is 1. The molecule has 6 heteroatoms. The lowest BCUT2D eigenvalue weighted by atomic mass is 10.1. The highest BCUT2D eigenvalue weighted by atomic mass is 32.2. The molecule has 0 aliphatic carbocycles. The summed E-state index contributed by atoms with van der Waals surface area (Å²) >= 11 is 6.55. The molecule has 1 heterocycles. The van der Waals surface area contributed by atoms with Crippen molar-refractivity contribution < 1.29 is 14.7 Å². The fourth-order valence-electron chi connectivity index (χ4n) is 2.47. The molecule has 25 heavy (non-hydrogen) atoms. The molecule has 126 valence electrons. The van der Waals surface area contributed by atoms with E-state index in [0.29, 0.717) is 14.9 Å². The average Bonchev–Trinajstić information content (AvgIpc) is 2.84. The van der Waals surface area contributed by atoms with E-state index in [1.807, 2.05) is 31.2 Å². The van der Waals surface area contributed by atoms with Gasteiger partial charge in [0.25, 0.3) is 5.91 Å². The number of aryl methyl sites for hydroxylation is 2. The highest BCUT2D eigenvalue weighted by molar-refractivity contribution is 8.27. The molecule has 1 aliphatic heterocycles. The van der Waals surface area contributed by atoms with Gasteiger partial charge >= 0.3 is 0 Å². The van der Waals surface area contributed by atoms with Crippen LogP contribution in [0.25, 0.3) is 6.08 Å². The van der Waals surface area contributed by atoms with E-state index < -0.39 is 5.97 Å². The lowest BCUT2D eigenvalue weighted by Gasteiger charge is -2.18. The summed E-state index contributed by atoms with van der Waals surface area (Å²) in [6.45, 7) is 3.80. The van der Waals surface area contributed by atoms with E-state index >= 15 is 0 Å². The van der Waals surface area contributed by atoms with Gasteiger partial charge in [0, 0.05) is 0 Å². The second-order valence-corrected chi connectivity index (χ2v) is 7.39. The topological polar surface area (TPSA) is 60.4 Å². The van der Waals surface area contributed by atoms with Crippen LogP contribution in [0, 0.1) is 13.8 Å². The van der Waals surface area contributed by atoms with Gasteiger partial charge in [0.15, 0.2) is 4.32 Å². The number of carboxylic acid groups (broad SMARTS) is 1. The van der Waals surface area contributed by atoms with Crippen LogP contribution in [0.15, 0.2) is 47.4 Å². The van der Waals surface area contributed by atoms with Gasteiger partial charge < -0.3 is 9.90 Å². The van der Waals surface area contributed by atoms with Crippen molar-refractivity contribution >= 4 is 51.9 Å². The second-order valence-electron chi connectivity index (χ2n) is 5.72. The van der Waals surface area contributed by atoms with E-state index in [1.165, 1.54) is 28.8 Å². The van der Waals surface area contributed by atoms with Gasteiger partial charge in [-0.15, -0.1) is 0 Å². The third kappa shape index (κ3) is 3.50. The summed E-state index contributed by atoms with van der Waals surface area (Å²) in [5, 5.41) is 11.1. The summed E-state index contributed by atoms with van der Waals surface area (Å²) < 4.78 is 0.377. The standard InChI is InChI=1S/C19H15NO3S2/c1-11-3-6-13(7-4-11)9-16-17(21)20(19(24)25-16)15-10-14(18(22)23)8-5-12(15)2/h3-10H,1-2H3,(H,22,23)/p-1/b16-9-. The van der Waals surface area contributed by atoms with E-state index in [2.05, 4.69) is 0 Å². The fraction of sp³-hybridized carbons (Fsp3) is 0.105. The molecule has 0 spiro atoms. The van der Waals surface area contributed by atoms with Gasteiger partial charge in [0.05, 0.1) is 16.6 Å². The molecule has 2 aromatic carbocycles. The second kappa shape index (κ2) is 6.82. The Morgan fingerprint density at radius 3 is 2.48 bits per heavy atom. The van der Waals surface area contributed by atoms with E-state index in [-0.39, 0.29) is 11.5 Å². The minimum absolute atomic E-state index is 0.0113. The Morgan fingerprint density at radius 2 is 1.84 bits per heavy atom. The molecule has 1 fully saturated rings. The number of anilines is 1. The molecule has 1 amide bonds. The monoisotopic (exact) mass is 368 g/mol. The van der Waals surface area contributed by atoms with Gasteiger partial charge in [-0.25, -0.2) is 0 Å². The molecule has 0 atom stereocenters. The van der Waals surface area contributed by atoms with Crippen molar-refractivity contribution in [3.05, 3.63) is 69.6 Å². The molecule has 0 N–H and O–H groups in total. The minimum Gasteiger partial charge on any atom is -0.545 e. The van der Waals surface area contributed by atoms with Gasteiger partial charge in [0.1, 0.15) is 0 Å². The maximum absolute atomic E-state index is 12.8. The highest BCUT2D eigenvalue weighted by Crippen LogP contribution is 2.37. The number of carbonyl (C=O) groups excluding carboxylic acids is 2. The number of carboxylic acids is 1. The maximum Gasteiger partial charge on any atom is 0.270 e. The molecule has 0 saturated carbocycles. The number of hydrogen-bond acceptors (Lipinski definition) is 5. The predicted molar refractivity (Wildman–Crippen MR) is 102 cm³/mol. The van der Waals surface area contributed by atoms with Gasteiger partial charge in [-0.2, -0.15) is 0 Å². The van der Waals surface area contributed by atoms with Crippen LogP contribution in [0.3, 0.4) is 0 Å². The van der Waals surface area contributed by atoms with Crippen LogP contribution in [0.5, 0.6) is 0 Å². The number of rotatable bonds is 3. The number of hydrogen-bond donors (Lipinski definition) is 0. The average molecular weight is 368 g/mol. The van der Waals surface area contributed by atoms with Crippen LogP contribution < -0.4 is 10.0 Å². The Bertz CT molecular complexity index is 917. The lowest BCUT2D eigenvalue weighted by Crippen LogP contribution is -2.29. The number of benzene rings is 2. The van der Waals surface area contributed by atoms with Crippen LogP contribution in [0.4, 0.5) is 5.69 Å². The van der Waals surface area contributed by atoms with Crippen molar-refractivity contribution in [1.29, 1.82) is 0 Å². The summed E-state index contributed by atoms with van der Waals surface area (Å²) in [5.74, 6) is -1.55. The third-order valence-electron chi connectivity index (χ3n) is 3.85. The number of amides is 1. The zero-order chi connectivity index (χ0) is 18.1. The zero-order valence-electron chi connectivity index (χ0n) is 13.6. The number of aromatic carboxylic acids is 1. The summed E-state index contributed by atoms with van der Waals surface area (Å²) in [5.41, 5.74) is 3.29. The molecule has 1 aliphatic rings. The largest absolute Gasteiger partial charge is 0.545 e. The Morgan fingerprint density at radius 1 is 1.16 bits per heavy atom. The first-order valence-electron chi connectivity index (χ1n) is 7.53. The third-order valence-corrected chi connectivity index (χ3v) is 5.16. The van der Waals surface area contributed by atoms with Crippen molar-refractivity contribution in [2.45, 2.75) is 13.8 Å². The first-order chi connectivity index (χ1) is 11.9. The summed E-state index contributed by atoms with van der Waals surface area (Å²) in [4.78, 5) is 25.8. The predicted octanol–water partition coefficient (Wildman–Crippen LogP) is 3.07. The van der Waals surface area contributed by atoms with Crippen molar-refractivity contribution in [3.63, 3.8) is 0 Å². The number of carbonyl (C=O) groups is 2. The smallest absolute Gasteiger partial charge is 0.270 e. The molecule has 1 saturated heterocycles. The van der Waals surface area contributed by atoms with Crippen molar-refractivity contribution in [2.75, 3.05) is 4.90 Å². The Balaban J connectivity index is 1.98. The van der Waals surface area contributed by atoms with E-state index in [4.69, 9.17) is 12.2 Å². The highest BCUT2D eigenvalue weighted by Gasteiger charge is 2.34. The Kier molecular flexibility index (Phi) is 4.74. The normalized spacial score (nSPS) is 15.9. The lowest BCUT2D eigenvalue weighted by molar-refractivity contribution is -0.255. The number of thioether (sulfide) groups is 1. The van der Waals surface area contributed by atoms with Crippen molar-refractivity contribution in [2.24, 2.45) is 0 Å². The first-order valence-corrected chi connectivity index (χ1v) is 8.76.